The van der Waals surface area contributed by atoms with E-state index in [0.717, 1.165) is 15.6 Å². The Morgan fingerprint density at radius 3 is 2.61 bits per heavy atom. The molecular formula is C19H21BrClN3O3S. The highest BCUT2D eigenvalue weighted by Crippen LogP contribution is 2.24. The number of rotatable bonds is 5. The van der Waals surface area contributed by atoms with E-state index < -0.39 is 10.2 Å². The molecule has 0 radical (unpaired) electrons. The van der Waals surface area contributed by atoms with Crippen molar-refractivity contribution in [2.24, 2.45) is 0 Å². The number of nitrogens with zero attached hydrogens (tertiary/aromatic N) is 2. The average molecular weight is 487 g/mol. The first-order valence-electron chi connectivity index (χ1n) is 8.82. The van der Waals surface area contributed by atoms with E-state index in [1.54, 1.807) is 24.3 Å². The van der Waals surface area contributed by atoms with Crippen LogP contribution in [0.2, 0.25) is 5.02 Å². The first-order chi connectivity index (χ1) is 13.3. The van der Waals surface area contributed by atoms with Crippen molar-refractivity contribution in [3.05, 3.63) is 63.1 Å². The molecule has 1 aliphatic heterocycles. The van der Waals surface area contributed by atoms with Gasteiger partial charge in [0.25, 0.3) is 10.2 Å². The van der Waals surface area contributed by atoms with Gasteiger partial charge in [0.1, 0.15) is 0 Å². The number of carbonyl (C=O) groups is 1. The van der Waals surface area contributed by atoms with Crippen LogP contribution in [0.1, 0.15) is 17.5 Å². The fourth-order valence-electron chi connectivity index (χ4n) is 3.04. The topological polar surface area (TPSA) is 69.7 Å². The zero-order valence-electron chi connectivity index (χ0n) is 15.4. The van der Waals surface area contributed by atoms with E-state index in [0.29, 0.717) is 30.2 Å². The molecule has 0 atom stereocenters. The minimum Gasteiger partial charge on any atom is -0.325 e. The molecule has 1 fully saturated rings. The van der Waals surface area contributed by atoms with Gasteiger partial charge in [-0.15, -0.1) is 0 Å². The summed E-state index contributed by atoms with van der Waals surface area (Å²) >= 11 is 9.58. The average Bonchev–Trinajstić information content (AvgIpc) is 2.63. The van der Waals surface area contributed by atoms with Crippen molar-refractivity contribution >= 4 is 49.3 Å². The number of halogens is 2. The van der Waals surface area contributed by atoms with Gasteiger partial charge < -0.3 is 5.32 Å². The van der Waals surface area contributed by atoms with E-state index in [1.165, 1.54) is 8.61 Å². The normalized spacial score (nSPS) is 17.4. The lowest BCUT2D eigenvalue weighted by Gasteiger charge is -2.34. The highest BCUT2D eigenvalue weighted by atomic mass is 79.9. The predicted molar refractivity (Wildman–Crippen MR) is 114 cm³/mol. The van der Waals surface area contributed by atoms with Gasteiger partial charge in [-0.2, -0.15) is 17.0 Å². The second kappa shape index (κ2) is 8.92. The van der Waals surface area contributed by atoms with Gasteiger partial charge >= 0.3 is 0 Å². The van der Waals surface area contributed by atoms with E-state index in [4.69, 9.17) is 11.6 Å². The highest BCUT2D eigenvalue weighted by molar-refractivity contribution is 9.10. The molecule has 1 N–H and O–H groups in total. The molecule has 9 heteroatoms. The number of amides is 1. The standard InChI is InChI=1S/C19H21BrClN3O3S/c1-14-11-16(7-8-17(14)20)22-19(25)13-24-10-4-9-23(28(24,26)27)12-15-5-2-3-6-18(15)21/h2-3,5-8,11H,4,9-10,12-13H2,1H3,(H,22,25). The van der Waals surface area contributed by atoms with Gasteiger partial charge in [-0.3, -0.25) is 4.79 Å². The Morgan fingerprint density at radius 2 is 1.89 bits per heavy atom. The summed E-state index contributed by atoms with van der Waals surface area (Å²) in [6, 6.07) is 12.6. The van der Waals surface area contributed by atoms with Gasteiger partial charge in [0.2, 0.25) is 5.91 Å². The molecule has 28 heavy (non-hydrogen) atoms. The third kappa shape index (κ3) is 4.93. The van der Waals surface area contributed by atoms with Gasteiger partial charge in [0.05, 0.1) is 6.54 Å². The smallest absolute Gasteiger partial charge is 0.282 e. The summed E-state index contributed by atoms with van der Waals surface area (Å²) in [7, 11) is -3.74. The second-order valence-corrected chi connectivity index (χ2v) is 9.82. The van der Waals surface area contributed by atoms with Crippen molar-refractivity contribution < 1.29 is 13.2 Å². The summed E-state index contributed by atoms with van der Waals surface area (Å²) in [5, 5.41) is 3.29. The number of hydrogen-bond donors (Lipinski definition) is 1. The number of nitrogens with one attached hydrogen (secondary N) is 1. The largest absolute Gasteiger partial charge is 0.325 e. The minimum atomic E-state index is -3.74. The zero-order valence-corrected chi connectivity index (χ0v) is 18.5. The molecule has 0 saturated carbocycles. The van der Waals surface area contributed by atoms with Crippen LogP contribution in [0, 0.1) is 6.92 Å². The quantitative estimate of drug-likeness (QED) is 0.699. The van der Waals surface area contributed by atoms with E-state index in [9.17, 15) is 13.2 Å². The van der Waals surface area contributed by atoms with E-state index in [2.05, 4.69) is 21.2 Å². The molecule has 1 aliphatic rings. The number of aryl methyl sites for hydroxylation is 1. The molecule has 0 aliphatic carbocycles. The van der Waals surface area contributed by atoms with Gasteiger partial charge in [-0.05, 0) is 48.7 Å². The van der Waals surface area contributed by atoms with Crippen LogP contribution in [0.4, 0.5) is 5.69 Å². The lowest BCUT2D eigenvalue weighted by atomic mass is 10.2. The Labute approximate surface area is 178 Å². The molecule has 0 aromatic heterocycles. The Kier molecular flexibility index (Phi) is 6.77. The van der Waals surface area contributed by atoms with Crippen molar-refractivity contribution in [2.75, 3.05) is 25.0 Å². The molecule has 1 amide bonds. The molecule has 2 aromatic carbocycles. The van der Waals surface area contributed by atoms with Crippen molar-refractivity contribution in [2.45, 2.75) is 19.9 Å². The molecule has 3 rings (SSSR count). The van der Waals surface area contributed by atoms with Crippen LogP contribution < -0.4 is 5.32 Å². The number of benzene rings is 2. The molecule has 1 saturated heterocycles. The molecule has 150 valence electrons. The second-order valence-electron chi connectivity index (χ2n) is 6.63. The minimum absolute atomic E-state index is 0.187. The number of hydrogen-bond acceptors (Lipinski definition) is 3. The van der Waals surface area contributed by atoms with Gasteiger partial charge in [0.15, 0.2) is 0 Å². The monoisotopic (exact) mass is 485 g/mol. The SMILES string of the molecule is Cc1cc(NC(=O)CN2CCCN(Cc3ccccc3Cl)S2(=O)=O)ccc1Br. The van der Waals surface area contributed by atoms with Crippen molar-refractivity contribution in [3.8, 4) is 0 Å². The molecule has 1 heterocycles. The van der Waals surface area contributed by atoms with Crippen LogP contribution in [0.25, 0.3) is 0 Å². The summed E-state index contributed by atoms with van der Waals surface area (Å²) in [6.07, 6.45) is 0.647. The maximum Gasteiger partial charge on any atom is 0.282 e. The van der Waals surface area contributed by atoms with E-state index >= 15 is 0 Å². The molecular weight excluding hydrogens is 466 g/mol. The lowest BCUT2D eigenvalue weighted by molar-refractivity contribution is -0.116. The number of anilines is 1. The van der Waals surface area contributed by atoms with E-state index in [1.807, 2.05) is 25.1 Å². The first-order valence-corrected chi connectivity index (χ1v) is 11.4. The Hall–Kier alpha value is -1.45. The van der Waals surface area contributed by atoms with Crippen LogP contribution in [-0.4, -0.2) is 42.6 Å². The third-order valence-corrected chi connectivity index (χ3v) is 7.72. The van der Waals surface area contributed by atoms with Gasteiger partial charge in [-0.25, -0.2) is 0 Å². The lowest BCUT2D eigenvalue weighted by Crippen LogP contribution is -2.51. The molecule has 0 spiro atoms. The Bertz CT molecular complexity index is 984. The maximum absolute atomic E-state index is 12.9. The fraction of sp³-hybridized carbons (Fsp3) is 0.316. The van der Waals surface area contributed by atoms with Crippen LogP contribution in [0.5, 0.6) is 0 Å². The van der Waals surface area contributed by atoms with Crippen LogP contribution in [-0.2, 0) is 21.5 Å². The highest BCUT2D eigenvalue weighted by Gasteiger charge is 2.34. The third-order valence-electron chi connectivity index (χ3n) is 4.53. The summed E-state index contributed by atoms with van der Waals surface area (Å²) in [6.45, 7) is 2.59. The summed E-state index contributed by atoms with van der Waals surface area (Å²) in [5.41, 5.74) is 2.35. The van der Waals surface area contributed by atoms with Crippen molar-refractivity contribution in [3.63, 3.8) is 0 Å². The Morgan fingerprint density at radius 1 is 1.18 bits per heavy atom. The van der Waals surface area contributed by atoms with Crippen molar-refractivity contribution in [1.82, 2.24) is 8.61 Å². The fourth-order valence-corrected chi connectivity index (χ4v) is 5.11. The van der Waals surface area contributed by atoms with Gasteiger partial charge in [-0.1, -0.05) is 45.7 Å². The number of carbonyl (C=O) groups excluding carboxylic acids is 1. The summed E-state index contributed by atoms with van der Waals surface area (Å²) in [4.78, 5) is 12.4. The molecule has 0 bridgehead atoms. The molecule has 2 aromatic rings. The predicted octanol–water partition coefficient (Wildman–Crippen LogP) is 3.80. The molecule has 0 unspecified atom stereocenters. The zero-order chi connectivity index (χ0) is 20.3. The molecule has 6 nitrogen and oxygen atoms in total. The van der Waals surface area contributed by atoms with E-state index in [-0.39, 0.29) is 19.0 Å². The summed E-state index contributed by atoms with van der Waals surface area (Å²) in [5.74, 6) is -0.370. The van der Waals surface area contributed by atoms with Crippen LogP contribution in [0.15, 0.2) is 46.9 Å². The Balaban J connectivity index is 1.68. The first kappa shape index (κ1) is 21.3. The van der Waals surface area contributed by atoms with Crippen LogP contribution in [0.3, 0.4) is 0 Å². The van der Waals surface area contributed by atoms with Gasteiger partial charge in [0, 0.05) is 34.8 Å². The maximum atomic E-state index is 12.9. The van der Waals surface area contributed by atoms with Crippen molar-refractivity contribution in [1.29, 1.82) is 0 Å². The summed E-state index contributed by atoms with van der Waals surface area (Å²) < 4.78 is 29.4. The van der Waals surface area contributed by atoms with Crippen LogP contribution >= 0.6 is 27.5 Å².